The summed E-state index contributed by atoms with van der Waals surface area (Å²) in [4.78, 5) is 34.0. The van der Waals surface area contributed by atoms with Crippen LogP contribution in [0.5, 0.6) is 0 Å². The Balaban J connectivity index is 1.49. The predicted octanol–water partition coefficient (Wildman–Crippen LogP) is 4.83. The number of aromatic nitrogens is 2. The third-order valence-corrected chi connectivity index (χ3v) is 6.21. The summed E-state index contributed by atoms with van der Waals surface area (Å²) in [5, 5.41) is 13.2. The van der Waals surface area contributed by atoms with Crippen LogP contribution >= 0.6 is 11.3 Å². The van der Waals surface area contributed by atoms with Crippen LogP contribution in [0.4, 0.5) is 28.5 Å². The number of alkyl halides is 3. The molecule has 3 heterocycles. The number of aliphatic carboxylic acids is 1. The molecule has 2 N–H and O–H groups in total. The number of thiazole rings is 1. The quantitative estimate of drug-likeness (QED) is 0.493. The minimum atomic E-state index is -4.84. The lowest BCUT2D eigenvalue weighted by molar-refractivity contribution is -0.141. The molecule has 1 atom stereocenters. The van der Waals surface area contributed by atoms with Crippen LogP contribution in [0, 0.1) is 18.7 Å². The minimum Gasteiger partial charge on any atom is -0.481 e. The van der Waals surface area contributed by atoms with E-state index in [2.05, 4.69) is 15.3 Å². The number of carboxylic acids is 1. The van der Waals surface area contributed by atoms with Gasteiger partial charge in [-0.1, -0.05) is 6.07 Å². The second-order valence-corrected chi connectivity index (χ2v) is 8.65. The average Bonchev–Trinajstić information content (AvgIpc) is 3.43. The molecular weight excluding hydrogens is 476 g/mol. The topological polar surface area (TPSA) is 95.4 Å². The van der Waals surface area contributed by atoms with Gasteiger partial charge in [0.15, 0.2) is 5.13 Å². The standard InChI is InChI=1S/C22H18F4N4O3S/c1-11-7-13(8-27-18(11)30-6-5-12(9-30)20(32)33)19(31)29-21-28-16(10-34-21)14-3-2-4-15(17(14)23)22(24,25)26/h2-4,7-8,10,12H,5-6,9H2,1H3,(H,32,33)(H,28,29,31). The number of pyridine rings is 1. The maximum Gasteiger partial charge on any atom is 0.419 e. The maximum absolute atomic E-state index is 14.4. The van der Waals surface area contributed by atoms with Gasteiger partial charge in [-0.25, -0.2) is 14.4 Å². The van der Waals surface area contributed by atoms with Crippen LogP contribution in [0.3, 0.4) is 0 Å². The van der Waals surface area contributed by atoms with Gasteiger partial charge in [0.05, 0.1) is 22.7 Å². The van der Waals surface area contributed by atoms with Gasteiger partial charge in [-0.3, -0.25) is 14.9 Å². The Kier molecular flexibility index (Phi) is 6.26. The number of aryl methyl sites for hydroxylation is 1. The Morgan fingerprint density at radius 2 is 2.06 bits per heavy atom. The van der Waals surface area contributed by atoms with E-state index in [1.165, 1.54) is 17.6 Å². The van der Waals surface area contributed by atoms with Crippen molar-refractivity contribution in [2.75, 3.05) is 23.3 Å². The van der Waals surface area contributed by atoms with Crippen molar-refractivity contribution in [2.24, 2.45) is 5.92 Å². The Bertz CT molecular complexity index is 1260. The summed E-state index contributed by atoms with van der Waals surface area (Å²) in [5.41, 5.74) is -0.839. The SMILES string of the molecule is Cc1cc(C(=O)Nc2nc(-c3cccc(C(F)(F)F)c3F)cs2)cnc1N1CCC(C(=O)O)C1. The fourth-order valence-corrected chi connectivity index (χ4v) is 4.46. The van der Waals surface area contributed by atoms with E-state index < -0.39 is 35.4 Å². The van der Waals surface area contributed by atoms with Gasteiger partial charge in [0.1, 0.15) is 11.6 Å². The van der Waals surface area contributed by atoms with E-state index in [-0.39, 0.29) is 22.0 Å². The molecule has 4 rings (SSSR count). The predicted molar refractivity (Wildman–Crippen MR) is 117 cm³/mol. The largest absolute Gasteiger partial charge is 0.481 e. The van der Waals surface area contributed by atoms with Gasteiger partial charge in [0, 0.05) is 30.2 Å². The highest BCUT2D eigenvalue weighted by Gasteiger charge is 2.35. The van der Waals surface area contributed by atoms with Gasteiger partial charge in [-0.15, -0.1) is 11.3 Å². The fraction of sp³-hybridized carbons (Fsp3) is 0.273. The summed E-state index contributed by atoms with van der Waals surface area (Å²) >= 11 is 0.945. The summed E-state index contributed by atoms with van der Waals surface area (Å²) in [5.74, 6) is -2.70. The van der Waals surface area contributed by atoms with Crippen LogP contribution in [-0.4, -0.2) is 40.0 Å². The zero-order valence-electron chi connectivity index (χ0n) is 17.7. The van der Waals surface area contributed by atoms with Crippen molar-refractivity contribution < 1.29 is 32.3 Å². The number of nitrogens with one attached hydrogen (secondary N) is 1. The highest BCUT2D eigenvalue weighted by molar-refractivity contribution is 7.14. The minimum absolute atomic E-state index is 0.0319. The summed E-state index contributed by atoms with van der Waals surface area (Å²) in [6, 6.07) is 4.53. The van der Waals surface area contributed by atoms with Crippen LogP contribution in [0.15, 0.2) is 35.8 Å². The number of anilines is 2. The molecule has 0 spiro atoms. The van der Waals surface area contributed by atoms with E-state index in [4.69, 9.17) is 5.11 Å². The van der Waals surface area contributed by atoms with Gasteiger partial charge < -0.3 is 10.0 Å². The van der Waals surface area contributed by atoms with Crippen molar-refractivity contribution in [1.29, 1.82) is 0 Å². The summed E-state index contributed by atoms with van der Waals surface area (Å²) in [6.45, 7) is 2.64. The van der Waals surface area contributed by atoms with Crippen LogP contribution in [0.1, 0.15) is 27.9 Å². The summed E-state index contributed by atoms with van der Waals surface area (Å²) in [7, 11) is 0. The monoisotopic (exact) mass is 494 g/mol. The molecule has 178 valence electrons. The van der Waals surface area contributed by atoms with Crippen molar-refractivity contribution >= 4 is 34.2 Å². The molecule has 34 heavy (non-hydrogen) atoms. The number of carboxylic acid groups (broad SMARTS) is 1. The lowest BCUT2D eigenvalue weighted by atomic mass is 10.1. The Morgan fingerprint density at radius 1 is 1.29 bits per heavy atom. The molecule has 1 unspecified atom stereocenters. The second-order valence-electron chi connectivity index (χ2n) is 7.79. The lowest BCUT2D eigenvalue weighted by Crippen LogP contribution is -2.24. The normalized spacial score (nSPS) is 16.0. The third-order valence-electron chi connectivity index (χ3n) is 5.45. The number of benzene rings is 1. The Hall–Kier alpha value is -3.54. The summed E-state index contributed by atoms with van der Waals surface area (Å²) in [6.07, 6.45) is -2.97. The first-order chi connectivity index (χ1) is 16.0. The number of rotatable bonds is 5. The molecule has 2 aromatic heterocycles. The molecule has 1 aromatic carbocycles. The maximum atomic E-state index is 14.4. The molecule has 0 aliphatic carbocycles. The zero-order chi connectivity index (χ0) is 24.6. The molecule has 1 saturated heterocycles. The number of amides is 1. The van der Waals surface area contributed by atoms with Crippen molar-refractivity contribution in [3.8, 4) is 11.3 Å². The van der Waals surface area contributed by atoms with Gasteiger partial charge in [0.2, 0.25) is 0 Å². The zero-order valence-corrected chi connectivity index (χ0v) is 18.5. The molecule has 0 radical (unpaired) electrons. The second kappa shape index (κ2) is 9.01. The third kappa shape index (κ3) is 4.72. The number of carbonyl (C=O) groups excluding carboxylic acids is 1. The molecule has 0 saturated carbocycles. The van der Waals surface area contributed by atoms with Crippen molar-refractivity contribution in [2.45, 2.75) is 19.5 Å². The highest BCUT2D eigenvalue weighted by atomic mass is 32.1. The van der Waals surface area contributed by atoms with Crippen LogP contribution in [0.2, 0.25) is 0 Å². The molecule has 1 amide bonds. The van der Waals surface area contributed by atoms with Crippen molar-refractivity contribution in [1.82, 2.24) is 9.97 Å². The molecule has 1 fully saturated rings. The first-order valence-corrected chi connectivity index (χ1v) is 11.0. The fourth-order valence-electron chi connectivity index (χ4n) is 3.75. The smallest absolute Gasteiger partial charge is 0.419 e. The number of nitrogens with zero attached hydrogens (tertiary/aromatic N) is 3. The van der Waals surface area contributed by atoms with E-state index in [1.54, 1.807) is 13.0 Å². The van der Waals surface area contributed by atoms with E-state index in [9.17, 15) is 27.2 Å². The van der Waals surface area contributed by atoms with Crippen LogP contribution in [-0.2, 0) is 11.0 Å². The number of carbonyl (C=O) groups is 2. The van der Waals surface area contributed by atoms with Crippen LogP contribution in [0.25, 0.3) is 11.3 Å². The van der Waals surface area contributed by atoms with Gasteiger partial charge in [0.25, 0.3) is 5.91 Å². The van der Waals surface area contributed by atoms with Gasteiger partial charge in [-0.05, 0) is 37.1 Å². The number of halogens is 4. The van der Waals surface area contributed by atoms with Gasteiger partial charge >= 0.3 is 12.1 Å². The molecular formula is C22H18F4N4O3S. The average molecular weight is 494 g/mol. The van der Waals surface area contributed by atoms with Crippen molar-refractivity contribution in [3.63, 3.8) is 0 Å². The molecule has 1 aliphatic rings. The summed E-state index contributed by atoms with van der Waals surface area (Å²) < 4.78 is 53.3. The van der Waals surface area contributed by atoms with Crippen LogP contribution < -0.4 is 10.2 Å². The number of hydrogen-bond acceptors (Lipinski definition) is 6. The molecule has 7 nitrogen and oxygen atoms in total. The first-order valence-electron chi connectivity index (χ1n) is 10.1. The van der Waals surface area contributed by atoms with E-state index >= 15 is 0 Å². The number of hydrogen-bond donors (Lipinski definition) is 2. The molecule has 0 bridgehead atoms. The molecule has 12 heteroatoms. The van der Waals surface area contributed by atoms with E-state index in [1.807, 2.05) is 4.90 Å². The van der Waals surface area contributed by atoms with Crippen molar-refractivity contribution in [3.05, 3.63) is 58.3 Å². The van der Waals surface area contributed by atoms with E-state index in [0.29, 0.717) is 37.0 Å². The first kappa shape index (κ1) is 23.6. The van der Waals surface area contributed by atoms with E-state index in [0.717, 1.165) is 17.4 Å². The molecule has 1 aliphatic heterocycles. The Morgan fingerprint density at radius 3 is 2.71 bits per heavy atom. The Labute approximate surface area is 195 Å². The van der Waals surface area contributed by atoms with Gasteiger partial charge in [-0.2, -0.15) is 13.2 Å². The lowest BCUT2D eigenvalue weighted by Gasteiger charge is -2.19. The molecule has 3 aromatic rings. The highest BCUT2D eigenvalue weighted by Crippen LogP contribution is 2.36.